The van der Waals surface area contributed by atoms with E-state index in [1.165, 1.54) is 12.8 Å². The molecule has 2 rings (SSSR count). The number of hydrogen-bond acceptors (Lipinski definition) is 6. The minimum atomic E-state index is -0.857. The average molecular weight is 296 g/mol. The third-order valence-electron chi connectivity index (χ3n) is 4.86. The van der Waals surface area contributed by atoms with Crippen LogP contribution in [-0.4, -0.2) is 17.8 Å². The lowest BCUT2D eigenvalue weighted by Gasteiger charge is -2.41. The van der Waals surface area contributed by atoms with Crippen LogP contribution in [0, 0.1) is 11.8 Å². The molecule has 120 valence electrons. The van der Waals surface area contributed by atoms with E-state index in [0.717, 1.165) is 51.4 Å². The molecule has 0 unspecified atom stereocenters. The third-order valence-corrected chi connectivity index (χ3v) is 4.86. The van der Waals surface area contributed by atoms with Crippen molar-refractivity contribution in [2.24, 2.45) is 21.8 Å². The van der Waals surface area contributed by atoms with Gasteiger partial charge >= 0.3 is 0 Å². The van der Waals surface area contributed by atoms with Crippen LogP contribution < -0.4 is 12.3 Å². The van der Waals surface area contributed by atoms with E-state index < -0.39 is 5.66 Å². The van der Waals surface area contributed by atoms with Gasteiger partial charge in [-0.3, -0.25) is 0 Å². The predicted octanol–water partition coefficient (Wildman–Crippen LogP) is 3.84. The molecule has 2 fully saturated rings. The molecule has 0 heterocycles. The van der Waals surface area contributed by atoms with E-state index in [9.17, 15) is 9.59 Å². The van der Waals surface area contributed by atoms with Crippen molar-refractivity contribution >= 4 is 12.2 Å². The van der Waals surface area contributed by atoms with Crippen LogP contribution in [0.2, 0.25) is 0 Å². The summed E-state index contributed by atoms with van der Waals surface area (Å²) < 4.78 is 0. The second-order valence-electron chi connectivity index (χ2n) is 5.86. The Morgan fingerprint density at radius 1 is 0.667 bits per heavy atom. The molecular formula is C15H28N4O2. The summed E-state index contributed by atoms with van der Waals surface area (Å²) in [6.45, 7) is 0. The van der Waals surface area contributed by atoms with E-state index >= 15 is 0 Å². The molecule has 21 heavy (non-hydrogen) atoms. The van der Waals surface area contributed by atoms with Gasteiger partial charge in [0.25, 0.3) is 0 Å². The minimum Gasteiger partial charge on any atom is -0.344 e. The number of hydrogen-bond donors (Lipinski definition) is 2. The molecular weight excluding hydrogens is 268 g/mol. The van der Waals surface area contributed by atoms with Crippen molar-refractivity contribution in [3.63, 3.8) is 0 Å². The Hall–Kier alpha value is -1.32. The highest BCUT2D eigenvalue weighted by molar-refractivity contribution is 5.40. The second kappa shape index (κ2) is 9.59. The lowest BCUT2D eigenvalue weighted by Crippen LogP contribution is -2.43. The molecule has 0 atom stereocenters. The van der Waals surface area contributed by atoms with Crippen LogP contribution in [0.1, 0.15) is 64.2 Å². The van der Waals surface area contributed by atoms with Gasteiger partial charge in [0.15, 0.2) is 5.66 Å². The highest BCUT2D eigenvalue weighted by atomic mass is 16.1. The first-order valence-electron chi connectivity index (χ1n) is 7.51. The van der Waals surface area contributed by atoms with Crippen LogP contribution in [0.25, 0.3) is 0 Å². The first kappa shape index (κ1) is 19.7. The molecule has 0 aromatic heterocycles. The molecule has 0 bridgehead atoms. The van der Waals surface area contributed by atoms with Crippen LogP contribution in [0.5, 0.6) is 0 Å². The molecule has 0 saturated heterocycles. The number of rotatable bonds is 4. The second-order valence-corrected chi connectivity index (χ2v) is 5.86. The number of isocyanates is 2. The zero-order chi connectivity index (χ0) is 13.6. The van der Waals surface area contributed by atoms with Crippen molar-refractivity contribution in [1.29, 1.82) is 0 Å². The Labute approximate surface area is 126 Å². The minimum absolute atomic E-state index is 0. The largest absolute Gasteiger partial charge is 0.344 e. The molecule has 6 heteroatoms. The van der Waals surface area contributed by atoms with Crippen molar-refractivity contribution in [3.05, 3.63) is 0 Å². The van der Waals surface area contributed by atoms with Crippen molar-refractivity contribution in [1.82, 2.24) is 12.3 Å². The van der Waals surface area contributed by atoms with Gasteiger partial charge in [-0.1, -0.05) is 38.5 Å². The zero-order valence-corrected chi connectivity index (χ0v) is 12.9. The Balaban J connectivity index is 0.00000200. The lowest BCUT2D eigenvalue weighted by molar-refractivity contribution is 0.115. The maximum atomic E-state index is 10.9. The summed E-state index contributed by atoms with van der Waals surface area (Å²) in [5.41, 5.74) is -0.857. The smallest absolute Gasteiger partial charge is 0.237 e. The highest BCUT2D eigenvalue weighted by Crippen LogP contribution is 2.45. The first-order chi connectivity index (χ1) is 9.33. The van der Waals surface area contributed by atoms with Gasteiger partial charge in [-0.15, -0.1) is 0 Å². The Morgan fingerprint density at radius 3 is 1.29 bits per heavy atom. The molecule has 0 aromatic rings. The quantitative estimate of drug-likeness (QED) is 0.603. The van der Waals surface area contributed by atoms with Gasteiger partial charge in [-0.25, -0.2) is 9.59 Å². The maximum Gasteiger partial charge on any atom is 0.237 e. The molecule has 2 aliphatic rings. The standard InChI is InChI=1S/C15H22N2O2.2H3N/c18-11-16-15(17-12-19,13-7-3-1-4-8-13)14-9-5-2-6-10-14;;/h13-14H,1-10H2;2*1H3. The molecule has 0 spiro atoms. The molecule has 6 N–H and O–H groups in total. The first-order valence-corrected chi connectivity index (χ1v) is 7.51. The SMILES string of the molecule is N.N.O=C=NC(N=C=O)(C1CCCCC1)C1CCCCC1. The topological polar surface area (TPSA) is 129 Å². The lowest BCUT2D eigenvalue weighted by atomic mass is 9.69. The van der Waals surface area contributed by atoms with Crippen LogP contribution in [0.3, 0.4) is 0 Å². The fourth-order valence-electron chi connectivity index (χ4n) is 3.92. The molecule has 0 aromatic carbocycles. The molecule has 2 aliphatic carbocycles. The van der Waals surface area contributed by atoms with Gasteiger partial charge in [0, 0.05) is 11.8 Å². The molecule has 2 saturated carbocycles. The van der Waals surface area contributed by atoms with E-state index in [2.05, 4.69) is 9.98 Å². The van der Waals surface area contributed by atoms with Gasteiger partial charge in [-0.2, -0.15) is 9.98 Å². The third kappa shape index (κ3) is 4.32. The van der Waals surface area contributed by atoms with Crippen LogP contribution in [-0.2, 0) is 9.59 Å². The highest BCUT2D eigenvalue weighted by Gasteiger charge is 2.46. The monoisotopic (exact) mass is 296 g/mol. The van der Waals surface area contributed by atoms with Crippen LogP contribution in [0.15, 0.2) is 9.98 Å². The van der Waals surface area contributed by atoms with Crippen LogP contribution in [0.4, 0.5) is 0 Å². The van der Waals surface area contributed by atoms with Crippen molar-refractivity contribution in [3.8, 4) is 0 Å². The maximum absolute atomic E-state index is 10.9. The summed E-state index contributed by atoms with van der Waals surface area (Å²) in [7, 11) is 0. The molecule has 0 radical (unpaired) electrons. The fraction of sp³-hybridized carbons (Fsp3) is 0.867. The van der Waals surface area contributed by atoms with E-state index in [-0.39, 0.29) is 24.1 Å². The van der Waals surface area contributed by atoms with Gasteiger partial charge in [-0.05, 0) is 25.7 Å². The predicted molar refractivity (Wildman–Crippen MR) is 82.2 cm³/mol. The summed E-state index contributed by atoms with van der Waals surface area (Å²) in [6.07, 6.45) is 14.4. The van der Waals surface area contributed by atoms with Crippen LogP contribution >= 0.6 is 0 Å². The Morgan fingerprint density at radius 2 is 1.00 bits per heavy atom. The van der Waals surface area contributed by atoms with Crippen molar-refractivity contribution in [2.75, 3.05) is 0 Å². The van der Waals surface area contributed by atoms with Crippen molar-refractivity contribution < 1.29 is 9.59 Å². The van der Waals surface area contributed by atoms with E-state index in [4.69, 9.17) is 0 Å². The fourth-order valence-corrected chi connectivity index (χ4v) is 3.92. The summed E-state index contributed by atoms with van der Waals surface area (Å²) in [4.78, 5) is 29.9. The summed E-state index contributed by atoms with van der Waals surface area (Å²) in [5.74, 6) is 0.430. The Kier molecular flexibility index (Phi) is 8.98. The molecule has 6 nitrogen and oxygen atoms in total. The number of aliphatic imine (C=N–C) groups is 2. The molecule has 0 aliphatic heterocycles. The van der Waals surface area contributed by atoms with Gasteiger partial charge in [0.1, 0.15) is 0 Å². The van der Waals surface area contributed by atoms with Gasteiger partial charge in [0.05, 0.1) is 0 Å². The summed E-state index contributed by atoms with van der Waals surface area (Å²) in [5, 5.41) is 0. The normalized spacial score (nSPS) is 20.2. The summed E-state index contributed by atoms with van der Waals surface area (Å²) >= 11 is 0. The van der Waals surface area contributed by atoms with Gasteiger partial charge in [0.2, 0.25) is 12.2 Å². The average Bonchev–Trinajstić information content (AvgIpc) is 2.49. The molecule has 0 amide bonds. The van der Waals surface area contributed by atoms with E-state index in [1.54, 1.807) is 12.2 Å². The van der Waals surface area contributed by atoms with Crippen molar-refractivity contribution in [2.45, 2.75) is 69.9 Å². The zero-order valence-electron chi connectivity index (χ0n) is 12.9. The van der Waals surface area contributed by atoms with E-state index in [0.29, 0.717) is 0 Å². The van der Waals surface area contributed by atoms with Gasteiger partial charge < -0.3 is 12.3 Å². The number of nitrogens with zero attached hydrogens (tertiary/aromatic N) is 2. The number of carbonyl (C=O) groups excluding carboxylic acids is 2. The van der Waals surface area contributed by atoms with E-state index in [1.807, 2.05) is 0 Å². The summed E-state index contributed by atoms with van der Waals surface area (Å²) in [6, 6.07) is 0. The Bertz CT molecular complexity index is 350.